The summed E-state index contributed by atoms with van der Waals surface area (Å²) in [7, 11) is 0. The van der Waals surface area contributed by atoms with Crippen LogP contribution < -0.4 is 10.2 Å². The summed E-state index contributed by atoms with van der Waals surface area (Å²) in [5.41, 5.74) is 7.09. The summed E-state index contributed by atoms with van der Waals surface area (Å²) in [6, 6.07) is 33.8. The highest BCUT2D eigenvalue weighted by Crippen LogP contribution is 2.28. The minimum absolute atomic E-state index is 0.0218. The molecule has 6 nitrogen and oxygen atoms in total. The molecule has 40 heavy (non-hydrogen) atoms. The number of hydrogen-bond donors (Lipinski definition) is 1. The van der Waals surface area contributed by atoms with Gasteiger partial charge in [-0.25, -0.2) is 4.98 Å². The Hall–Kier alpha value is -4.71. The average molecular weight is 529 g/mol. The van der Waals surface area contributed by atoms with E-state index < -0.39 is 0 Å². The van der Waals surface area contributed by atoms with Gasteiger partial charge in [0.15, 0.2) is 0 Å². The first-order valence-corrected chi connectivity index (χ1v) is 13.8. The maximum Gasteiger partial charge on any atom is 0.246 e. The van der Waals surface area contributed by atoms with Crippen molar-refractivity contribution < 1.29 is 9.59 Å². The van der Waals surface area contributed by atoms with Crippen molar-refractivity contribution in [3.05, 3.63) is 120 Å². The number of aryl methyl sites for hydroxylation is 1. The van der Waals surface area contributed by atoms with E-state index in [2.05, 4.69) is 23.5 Å². The highest BCUT2D eigenvalue weighted by molar-refractivity contribution is 5.95. The van der Waals surface area contributed by atoms with Crippen molar-refractivity contribution in [2.24, 2.45) is 0 Å². The summed E-state index contributed by atoms with van der Waals surface area (Å²) in [5, 5.41) is 3.11. The normalized spacial score (nSPS) is 13.6. The fraction of sp³-hybridized carbons (Fsp3) is 0.206. The molecular formula is C34H32N4O2. The van der Waals surface area contributed by atoms with Gasteiger partial charge in [-0.15, -0.1) is 0 Å². The van der Waals surface area contributed by atoms with Gasteiger partial charge in [0.1, 0.15) is 12.4 Å². The van der Waals surface area contributed by atoms with E-state index in [0.717, 1.165) is 46.3 Å². The van der Waals surface area contributed by atoms with Crippen LogP contribution in [0.2, 0.25) is 0 Å². The minimum Gasteiger partial charge on any atom is -0.346 e. The molecule has 1 atom stereocenters. The van der Waals surface area contributed by atoms with Gasteiger partial charge in [0, 0.05) is 12.2 Å². The molecule has 2 amide bonds. The van der Waals surface area contributed by atoms with Crippen LogP contribution in [0.5, 0.6) is 0 Å². The summed E-state index contributed by atoms with van der Waals surface area (Å²) < 4.78 is 1.95. The maximum atomic E-state index is 13.6. The van der Waals surface area contributed by atoms with E-state index in [1.807, 2.05) is 101 Å². The Morgan fingerprint density at radius 2 is 1.55 bits per heavy atom. The van der Waals surface area contributed by atoms with Crippen molar-refractivity contribution in [3.8, 4) is 11.1 Å². The summed E-state index contributed by atoms with van der Waals surface area (Å²) in [6.07, 6.45) is 2.19. The zero-order valence-electron chi connectivity index (χ0n) is 22.6. The van der Waals surface area contributed by atoms with Crippen molar-refractivity contribution in [3.63, 3.8) is 0 Å². The van der Waals surface area contributed by atoms with Crippen molar-refractivity contribution >= 4 is 28.5 Å². The quantitative estimate of drug-likeness (QED) is 0.277. The van der Waals surface area contributed by atoms with Gasteiger partial charge in [-0.1, -0.05) is 84.9 Å². The Morgan fingerprint density at radius 1 is 0.850 bits per heavy atom. The lowest BCUT2D eigenvalue weighted by Gasteiger charge is -2.30. The van der Waals surface area contributed by atoms with Crippen LogP contribution in [0.25, 0.3) is 22.2 Å². The molecule has 0 radical (unpaired) electrons. The van der Waals surface area contributed by atoms with E-state index in [1.54, 1.807) is 0 Å². The molecule has 0 saturated heterocycles. The first-order chi connectivity index (χ1) is 19.6. The third-order valence-corrected chi connectivity index (χ3v) is 7.58. The number of rotatable bonds is 7. The Labute approximate surface area is 234 Å². The predicted molar refractivity (Wildman–Crippen MR) is 159 cm³/mol. The van der Waals surface area contributed by atoms with Crippen molar-refractivity contribution in [1.29, 1.82) is 0 Å². The molecule has 1 aliphatic heterocycles. The standard InChI is InChI=1S/C34H32N4O2/c1-24(35-32(39)22-25-17-19-27(20-18-25)26-10-3-2-4-11-26)34-36-29-14-6-8-16-31(29)38(34)23-33(40)37-21-9-13-28-12-5-7-15-30(28)37/h2-8,10-12,14-20,24H,9,13,21-23H2,1H3,(H,35,39). The molecule has 1 N–H and O–H groups in total. The average Bonchev–Trinajstić information content (AvgIpc) is 3.36. The number of fused-ring (bicyclic) bond motifs is 2. The first-order valence-electron chi connectivity index (χ1n) is 13.8. The molecule has 1 unspecified atom stereocenters. The number of anilines is 1. The van der Waals surface area contributed by atoms with Gasteiger partial charge in [-0.2, -0.15) is 0 Å². The summed E-state index contributed by atoms with van der Waals surface area (Å²) in [5.74, 6) is 0.607. The Balaban J connectivity index is 1.19. The van der Waals surface area contributed by atoms with Crippen LogP contribution in [0.1, 0.15) is 36.3 Å². The number of nitrogens with zero attached hydrogens (tertiary/aromatic N) is 3. The van der Waals surface area contributed by atoms with Crippen LogP contribution in [0.15, 0.2) is 103 Å². The number of carbonyl (C=O) groups excluding carboxylic acids is 2. The van der Waals surface area contributed by atoms with Gasteiger partial charge in [0.05, 0.1) is 23.5 Å². The van der Waals surface area contributed by atoms with Crippen LogP contribution in [-0.4, -0.2) is 27.9 Å². The molecule has 200 valence electrons. The smallest absolute Gasteiger partial charge is 0.246 e. The summed E-state index contributed by atoms with van der Waals surface area (Å²) >= 11 is 0. The number of aromatic nitrogens is 2. The van der Waals surface area contributed by atoms with Crippen LogP contribution in [-0.2, 0) is 29.0 Å². The fourth-order valence-electron chi connectivity index (χ4n) is 5.59. The minimum atomic E-state index is -0.370. The lowest BCUT2D eigenvalue weighted by atomic mass is 10.0. The Kier molecular flexibility index (Phi) is 7.15. The van der Waals surface area contributed by atoms with Gasteiger partial charge in [0.25, 0.3) is 0 Å². The van der Waals surface area contributed by atoms with E-state index in [0.29, 0.717) is 12.4 Å². The van der Waals surface area contributed by atoms with Crippen LogP contribution in [0.4, 0.5) is 5.69 Å². The number of para-hydroxylation sites is 3. The second-order valence-electron chi connectivity index (χ2n) is 10.4. The van der Waals surface area contributed by atoms with Crippen LogP contribution in [0, 0.1) is 0 Å². The van der Waals surface area contributed by atoms with Gasteiger partial charge in [0.2, 0.25) is 11.8 Å². The second kappa shape index (κ2) is 11.2. The third-order valence-electron chi connectivity index (χ3n) is 7.58. The molecule has 0 saturated carbocycles. The highest BCUT2D eigenvalue weighted by atomic mass is 16.2. The zero-order valence-corrected chi connectivity index (χ0v) is 22.6. The predicted octanol–water partition coefficient (Wildman–Crippen LogP) is 6.10. The molecule has 1 aromatic heterocycles. The van der Waals surface area contributed by atoms with E-state index in [4.69, 9.17) is 4.98 Å². The zero-order chi connectivity index (χ0) is 27.5. The van der Waals surface area contributed by atoms with Crippen LogP contribution in [0.3, 0.4) is 0 Å². The number of benzene rings is 4. The van der Waals surface area contributed by atoms with Gasteiger partial charge in [-0.3, -0.25) is 9.59 Å². The molecule has 4 aromatic carbocycles. The third kappa shape index (κ3) is 5.25. The van der Waals surface area contributed by atoms with E-state index in [1.165, 1.54) is 5.56 Å². The molecule has 0 spiro atoms. The van der Waals surface area contributed by atoms with Crippen molar-refractivity contribution in [2.45, 2.75) is 38.8 Å². The first kappa shape index (κ1) is 25.6. The molecule has 5 aromatic rings. The van der Waals surface area contributed by atoms with E-state index >= 15 is 0 Å². The molecule has 6 heteroatoms. The molecule has 0 fully saturated rings. The van der Waals surface area contributed by atoms with Crippen molar-refractivity contribution in [2.75, 3.05) is 11.4 Å². The molecular weight excluding hydrogens is 496 g/mol. The molecule has 2 heterocycles. The monoisotopic (exact) mass is 528 g/mol. The second-order valence-corrected chi connectivity index (χ2v) is 10.4. The Morgan fingerprint density at radius 3 is 2.38 bits per heavy atom. The summed E-state index contributed by atoms with van der Waals surface area (Å²) in [6.45, 7) is 2.79. The lowest BCUT2D eigenvalue weighted by Crippen LogP contribution is -2.38. The number of nitrogens with one attached hydrogen (secondary N) is 1. The maximum absolute atomic E-state index is 13.6. The largest absolute Gasteiger partial charge is 0.346 e. The van der Waals surface area contributed by atoms with Crippen molar-refractivity contribution in [1.82, 2.24) is 14.9 Å². The number of carbonyl (C=O) groups is 2. The number of hydrogen-bond acceptors (Lipinski definition) is 3. The molecule has 6 rings (SSSR count). The molecule has 0 bridgehead atoms. The molecule has 0 aliphatic carbocycles. The van der Waals surface area contributed by atoms with Crippen LogP contribution >= 0.6 is 0 Å². The highest BCUT2D eigenvalue weighted by Gasteiger charge is 2.25. The van der Waals surface area contributed by atoms with E-state index in [9.17, 15) is 9.59 Å². The number of imidazole rings is 1. The van der Waals surface area contributed by atoms with Gasteiger partial charge >= 0.3 is 0 Å². The fourth-order valence-corrected chi connectivity index (χ4v) is 5.59. The summed E-state index contributed by atoms with van der Waals surface area (Å²) in [4.78, 5) is 33.4. The SMILES string of the molecule is CC(NC(=O)Cc1ccc(-c2ccccc2)cc1)c1nc2ccccc2n1CC(=O)N1CCCc2ccccc21. The van der Waals surface area contributed by atoms with E-state index in [-0.39, 0.29) is 30.8 Å². The number of amides is 2. The topological polar surface area (TPSA) is 67.2 Å². The van der Waals surface area contributed by atoms with Gasteiger partial charge in [-0.05, 0) is 60.2 Å². The Bertz CT molecular complexity index is 1660. The molecule has 1 aliphatic rings. The van der Waals surface area contributed by atoms with Gasteiger partial charge < -0.3 is 14.8 Å². The lowest BCUT2D eigenvalue weighted by molar-refractivity contribution is -0.121.